The van der Waals surface area contributed by atoms with Gasteiger partial charge in [-0.1, -0.05) is 0 Å². The third-order valence-electron chi connectivity index (χ3n) is 2.17. The van der Waals surface area contributed by atoms with Crippen LogP contribution in [0.3, 0.4) is 0 Å². The SMILES string of the molecule is CC(=O)COc1c(Br)cc(Br)c2ncccc12. The molecule has 0 bridgehead atoms. The molecule has 2 rings (SSSR count). The molecule has 0 spiro atoms. The third-order valence-corrected chi connectivity index (χ3v) is 3.36. The number of fused-ring (bicyclic) bond motifs is 1. The van der Waals surface area contributed by atoms with Gasteiger partial charge in [-0.05, 0) is 57.0 Å². The highest BCUT2D eigenvalue weighted by Crippen LogP contribution is 2.37. The van der Waals surface area contributed by atoms with Gasteiger partial charge in [0.05, 0.1) is 9.99 Å². The maximum absolute atomic E-state index is 11.0. The van der Waals surface area contributed by atoms with Gasteiger partial charge in [0.2, 0.25) is 0 Å². The molecule has 0 radical (unpaired) electrons. The van der Waals surface area contributed by atoms with Gasteiger partial charge < -0.3 is 4.74 Å². The summed E-state index contributed by atoms with van der Waals surface area (Å²) < 4.78 is 7.19. The largest absolute Gasteiger partial charge is 0.484 e. The Balaban J connectivity index is 2.57. The van der Waals surface area contributed by atoms with E-state index in [1.165, 1.54) is 6.92 Å². The number of ether oxygens (including phenoxy) is 1. The lowest BCUT2D eigenvalue weighted by molar-refractivity contribution is -0.118. The Kier molecular flexibility index (Phi) is 3.79. The number of Topliss-reactive ketones (excluding diaryl/α,β-unsaturated/α-hetero) is 1. The van der Waals surface area contributed by atoms with Gasteiger partial charge in [0.1, 0.15) is 12.4 Å². The van der Waals surface area contributed by atoms with E-state index in [0.29, 0.717) is 5.75 Å². The van der Waals surface area contributed by atoms with Crippen LogP contribution in [0, 0.1) is 0 Å². The highest BCUT2D eigenvalue weighted by Gasteiger charge is 2.11. The molecule has 3 nitrogen and oxygen atoms in total. The van der Waals surface area contributed by atoms with Gasteiger partial charge in [-0.25, -0.2) is 0 Å². The Bertz CT molecular complexity index is 584. The van der Waals surface area contributed by atoms with Crippen LogP contribution in [0.2, 0.25) is 0 Å². The molecule has 0 aliphatic heterocycles. The van der Waals surface area contributed by atoms with Crippen molar-refractivity contribution < 1.29 is 9.53 Å². The molecule has 1 heterocycles. The van der Waals surface area contributed by atoms with Crippen molar-refractivity contribution in [3.63, 3.8) is 0 Å². The van der Waals surface area contributed by atoms with Gasteiger partial charge in [0.25, 0.3) is 0 Å². The molecular weight excluding hydrogens is 350 g/mol. The van der Waals surface area contributed by atoms with E-state index in [9.17, 15) is 4.79 Å². The number of rotatable bonds is 3. The molecule has 88 valence electrons. The zero-order valence-corrected chi connectivity index (χ0v) is 12.2. The molecule has 0 amide bonds. The number of carbonyl (C=O) groups is 1. The lowest BCUT2D eigenvalue weighted by Crippen LogP contribution is -2.07. The monoisotopic (exact) mass is 357 g/mol. The minimum Gasteiger partial charge on any atom is -0.484 e. The van der Waals surface area contributed by atoms with Crippen molar-refractivity contribution in [2.45, 2.75) is 6.92 Å². The fourth-order valence-electron chi connectivity index (χ4n) is 1.47. The van der Waals surface area contributed by atoms with Gasteiger partial charge in [0, 0.05) is 16.1 Å². The summed E-state index contributed by atoms with van der Waals surface area (Å²) in [6.07, 6.45) is 1.72. The standard InChI is InChI=1S/C12H9Br2NO2/c1-7(16)6-17-12-8-3-2-4-15-11(8)9(13)5-10(12)14/h2-5H,6H2,1H3. The molecule has 1 aromatic carbocycles. The van der Waals surface area contributed by atoms with Crippen molar-refractivity contribution >= 4 is 48.5 Å². The summed E-state index contributed by atoms with van der Waals surface area (Å²) in [5, 5.41) is 0.870. The topological polar surface area (TPSA) is 39.2 Å². The molecule has 0 aliphatic carbocycles. The van der Waals surface area contributed by atoms with Crippen LogP contribution in [0.25, 0.3) is 10.9 Å². The first-order valence-electron chi connectivity index (χ1n) is 4.94. The first-order valence-corrected chi connectivity index (χ1v) is 6.53. The lowest BCUT2D eigenvalue weighted by atomic mass is 10.2. The molecule has 0 N–H and O–H groups in total. The third kappa shape index (κ3) is 2.66. The molecule has 0 fully saturated rings. The molecule has 0 saturated heterocycles. The molecule has 0 aliphatic rings. The fraction of sp³-hybridized carbons (Fsp3) is 0.167. The first kappa shape index (κ1) is 12.5. The first-order chi connectivity index (χ1) is 8.09. The van der Waals surface area contributed by atoms with Crippen molar-refractivity contribution in [2.75, 3.05) is 6.61 Å². The van der Waals surface area contributed by atoms with E-state index in [0.717, 1.165) is 19.8 Å². The minimum atomic E-state index is -0.0168. The predicted molar refractivity (Wildman–Crippen MR) is 73.3 cm³/mol. The summed E-state index contributed by atoms with van der Waals surface area (Å²) in [5.41, 5.74) is 0.814. The van der Waals surface area contributed by atoms with Crippen molar-refractivity contribution in [3.05, 3.63) is 33.3 Å². The van der Waals surface area contributed by atoms with Gasteiger partial charge in [-0.2, -0.15) is 0 Å². The van der Waals surface area contributed by atoms with Crippen LogP contribution in [0.1, 0.15) is 6.92 Å². The number of ketones is 1. The predicted octanol–water partition coefficient (Wildman–Crippen LogP) is 3.73. The molecule has 0 atom stereocenters. The second-order valence-electron chi connectivity index (χ2n) is 3.56. The summed E-state index contributed by atoms with van der Waals surface area (Å²) in [6, 6.07) is 5.61. The highest BCUT2D eigenvalue weighted by molar-refractivity contribution is 9.11. The Morgan fingerprint density at radius 1 is 1.41 bits per heavy atom. The normalized spacial score (nSPS) is 10.5. The van der Waals surface area contributed by atoms with Gasteiger partial charge in [0.15, 0.2) is 5.78 Å². The van der Waals surface area contributed by atoms with E-state index in [1.807, 2.05) is 18.2 Å². The van der Waals surface area contributed by atoms with E-state index in [4.69, 9.17) is 4.74 Å². The van der Waals surface area contributed by atoms with Crippen molar-refractivity contribution in [1.29, 1.82) is 0 Å². The number of pyridine rings is 1. The summed E-state index contributed by atoms with van der Waals surface area (Å²) in [5.74, 6) is 0.628. The van der Waals surface area contributed by atoms with Crippen LogP contribution in [0.4, 0.5) is 0 Å². The Morgan fingerprint density at radius 3 is 2.88 bits per heavy atom. The number of halogens is 2. The minimum absolute atomic E-state index is 0.0168. The quantitative estimate of drug-likeness (QED) is 0.839. The maximum Gasteiger partial charge on any atom is 0.167 e. The van der Waals surface area contributed by atoms with Crippen LogP contribution < -0.4 is 4.74 Å². The maximum atomic E-state index is 11.0. The van der Waals surface area contributed by atoms with Crippen LogP contribution in [-0.4, -0.2) is 17.4 Å². The van der Waals surface area contributed by atoms with Gasteiger partial charge >= 0.3 is 0 Å². The molecule has 17 heavy (non-hydrogen) atoms. The summed E-state index contributed by atoms with van der Waals surface area (Å²) >= 11 is 6.87. The average molecular weight is 359 g/mol. The molecule has 1 aromatic heterocycles. The summed E-state index contributed by atoms with van der Waals surface area (Å²) in [7, 11) is 0. The van der Waals surface area contributed by atoms with Crippen LogP contribution >= 0.6 is 31.9 Å². The van der Waals surface area contributed by atoms with Crippen molar-refractivity contribution in [3.8, 4) is 5.75 Å². The van der Waals surface area contributed by atoms with Crippen LogP contribution in [0.15, 0.2) is 33.3 Å². The molecule has 0 saturated carbocycles. The number of carbonyl (C=O) groups excluding carboxylic acids is 1. The Labute approximate surface area is 115 Å². The second kappa shape index (κ2) is 5.14. The summed E-state index contributed by atoms with van der Waals surface area (Å²) in [4.78, 5) is 15.2. The number of hydrogen-bond donors (Lipinski definition) is 0. The average Bonchev–Trinajstić information content (AvgIpc) is 2.28. The van der Waals surface area contributed by atoms with Gasteiger partial charge in [-0.15, -0.1) is 0 Å². The second-order valence-corrected chi connectivity index (χ2v) is 5.27. The lowest BCUT2D eigenvalue weighted by Gasteiger charge is -2.10. The number of benzene rings is 1. The molecular formula is C12H9Br2NO2. The fourth-order valence-corrected chi connectivity index (χ4v) is 2.88. The zero-order chi connectivity index (χ0) is 12.4. The van der Waals surface area contributed by atoms with Gasteiger partial charge in [-0.3, -0.25) is 9.78 Å². The van der Waals surface area contributed by atoms with Crippen molar-refractivity contribution in [1.82, 2.24) is 4.98 Å². The Hall–Kier alpha value is -0.940. The number of nitrogens with zero attached hydrogens (tertiary/aromatic N) is 1. The van der Waals surface area contributed by atoms with Crippen LogP contribution in [-0.2, 0) is 4.79 Å². The smallest absolute Gasteiger partial charge is 0.167 e. The highest BCUT2D eigenvalue weighted by atomic mass is 79.9. The van der Waals surface area contributed by atoms with E-state index in [2.05, 4.69) is 36.8 Å². The van der Waals surface area contributed by atoms with E-state index in [1.54, 1.807) is 6.20 Å². The number of aromatic nitrogens is 1. The van der Waals surface area contributed by atoms with E-state index in [-0.39, 0.29) is 12.4 Å². The van der Waals surface area contributed by atoms with E-state index < -0.39 is 0 Å². The van der Waals surface area contributed by atoms with Crippen LogP contribution in [0.5, 0.6) is 5.75 Å². The molecule has 5 heteroatoms. The number of hydrogen-bond acceptors (Lipinski definition) is 3. The van der Waals surface area contributed by atoms with E-state index >= 15 is 0 Å². The zero-order valence-electron chi connectivity index (χ0n) is 9.04. The summed E-state index contributed by atoms with van der Waals surface area (Å²) in [6.45, 7) is 1.55. The molecule has 0 unspecified atom stereocenters. The molecule has 2 aromatic rings. The Morgan fingerprint density at radius 2 is 2.18 bits per heavy atom. The van der Waals surface area contributed by atoms with Crippen molar-refractivity contribution in [2.24, 2.45) is 0 Å².